The first-order chi connectivity index (χ1) is 5.11. The van der Waals surface area contributed by atoms with Gasteiger partial charge in [-0.15, -0.1) is 0 Å². The van der Waals surface area contributed by atoms with E-state index in [9.17, 15) is 0 Å². The zero-order valence-electron chi connectivity index (χ0n) is 6.63. The van der Waals surface area contributed by atoms with E-state index in [4.69, 9.17) is 17.3 Å². The Labute approximate surface area is 71.6 Å². The lowest BCUT2D eigenvalue weighted by Gasteiger charge is -2.12. The number of benzene rings is 1. The molecule has 0 bridgehead atoms. The maximum atomic E-state index is 5.81. The van der Waals surface area contributed by atoms with Crippen molar-refractivity contribution in [3.05, 3.63) is 23.2 Å². The third-order valence-corrected chi connectivity index (χ3v) is 1.83. The first kappa shape index (κ1) is 8.21. The van der Waals surface area contributed by atoms with Crippen molar-refractivity contribution in [1.29, 1.82) is 0 Å². The molecule has 0 saturated heterocycles. The van der Waals surface area contributed by atoms with Crippen LogP contribution in [0.3, 0.4) is 0 Å². The summed E-state index contributed by atoms with van der Waals surface area (Å²) in [6, 6.07) is 5.58. The third kappa shape index (κ3) is 1.77. The fourth-order valence-corrected chi connectivity index (χ4v) is 0.969. The zero-order valence-corrected chi connectivity index (χ0v) is 7.39. The number of hydrogen-bond donors (Lipinski definition) is 1. The molecule has 1 aromatic carbocycles. The Morgan fingerprint density at radius 2 is 2.00 bits per heavy atom. The number of halogens is 1. The minimum atomic E-state index is 0.608. The summed E-state index contributed by atoms with van der Waals surface area (Å²) >= 11 is 5.81. The van der Waals surface area contributed by atoms with Crippen LogP contribution in [-0.4, -0.2) is 14.1 Å². The van der Waals surface area contributed by atoms with Crippen LogP contribution in [0.25, 0.3) is 0 Å². The van der Waals surface area contributed by atoms with E-state index in [0.29, 0.717) is 10.7 Å². The Bertz CT molecular complexity index is 258. The van der Waals surface area contributed by atoms with Gasteiger partial charge in [-0.1, -0.05) is 11.6 Å². The van der Waals surface area contributed by atoms with Crippen LogP contribution in [-0.2, 0) is 0 Å². The summed E-state index contributed by atoms with van der Waals surface area (Å²) < 4.78 is 0. The van der Waals surface area contributed by atoms with E-state index in [1.807, 2.05) is 31.1 Å². The summed E-state index contributed by atoms with van der Waals surface area (Å²) in [4.78, 5) is 1.98. The van der Waals surface area contributed by atoms with Gasteiger partial charge in [0, 0.05) is 19.8 Å². The number of nitrogens with two attached hydrogens (primary N) is 1. The quantitative estimate of drug-likeness (QED) is 0.654. The van der Waals surface area contributed by atoms with Crippen molar-refractivity contribution in [2.24, 2.45) is 0 Å². The highest BCUT2D eigenvalue weighted by atomic mass is 35.5. The standard InChI is InChI=1S/C8H11ClN2/c1-11(2)6-3-4-8(10)7(9)5-6/h3-5H,10H2,1-2H3. The van der Waals surface area contributed by atoms with Crippen LogP contribution in [0, 0.1) is 0 Å². The van der Waals surface area contributed by atoms with Gasteiger partial charge in [0.1, 0.15) is 0 Å². The zero-order chi connectivity index (χ0) is 8.43. The van der Waals surface area contributed by atoms with Crippen molar-refractivity contribution in [1.82, 2.24) is 0 Å². The van der Waals surface area contributed by atoms with E-state index in [1.54, 1.807) is 6.07 Å². The number of nitrogen functional groups attached to an aromatic ring is 1. The van der Waals surface area contributed by atoms with Gasteiger partial charge in [-0.3, -0.25) is 0 Å². The van der Waals surface area contributed by atoms with Gasteiger partial charge in [-0.25, -0.2) is 0 Å². The second-order valence-electron chi connectivity index (χ2n) is 2.60. The molecule has 60 valence electrons. The fourth-order valence-electron chi connectivity index (χ4n) is 0.794. The van der Waals surface area contributed by atoms with Crippen LogP contribution in [0.4, 0.5) is 11.4 Å². The average Bonchev–Trinajstić information content (AvgIpc) is 1.94. The normalized spacial score (nSPS) is 9.73. The van der Waals surface area contributed by atoms with Crippen molar-refractivity contribution in [3.8, 4) is 0 Å². The highest BCUT2D eigenvalue weighted by molar-refractivity contribution is 6.33. The van der Waals surface area contributed by atoms with Gasteiger partial charge in [-0.05, 0) is 18.2 Å². The molecule has 0 aliphatic heterocycles. The first-order valence-electron chi connectivity index (χ1n) is 3.33. The molecule has 3 heteroatoms. The highest BCUT2D eigenvalue weighted by Crippen LogP contribution is 2.23. The minimum absolute atomic E-state index is 0.608. The molecule has 2 N–H and O–H groups in total. The van der Waals surface area contributed by atoms with Crippen LogP contribution in [0.1, 0.15) is 0 Å². The van der Waals surface area contributed by atoms with Gasteiger partial charge in [0.2, 0.25) is 0 Å². The lowest BCUT2D eigenvalue weighted by molar-refractivity contribution is 1.13. The first-order valence-corrected chi connectivity index (χ1v) is 3.71. The van der Waals surface area contributed by atoms with Crippen molar-refractivity contribution in [2.75, 3.05) is 24.7 Å². The molecular weight excluding hydrogens is 160 g/mol. The Balaban J connectivity index is 3.05. The van der Waals surface area contributed by atoms with E-state index >= 15 is 0 Å². The molecule has 0 fully saturated rings. The number of rotatable bonds is 1. The smallest absolute Gasteiger partial charge is 0.0656 e. The summed E-state index contributed by atoms with van der Waals surface area (Å²) in [6.07, 6.45) is 0. The van der Waals surface area contributed by atoms with E-state index in [1.165, 1.54) is 0 Å². The van der Waals surface area contributed by atoms with E-state index < -0.39 is 0 Å². The molecule has 0 unspecified atom stereocenters. The van der Waals surface area contributed by atoms with Crippen LogP contribution < -0.4 is 10.6 Å². The van der Waals surface area contributed by atoms with Crippen LogP contribution in [0.2, 0.25) is 5.02 Å². The predicted octanol–water partition coefficient (Wildman–Crippen LogP) is 1.99. The van der Waals surface area contributed by atoms with Crippen molar-refractivity contribution in [3.63, 3.8) is 0 Å². The number of anilines is 2. The summed E-state index contributed by atoms with van der Waals surface area (Å²) in [5.41, 5.74) is 7.22. The molecule has 0 radical (unpaired) electrons. The summed E-state index contributed by atoms with van der Waals surface area (Å²) in [5.74, 6) is 0. The van der Waals surface area contributed by atoms with Crippen LogP contribution in [0.15, 0.2) is 18.2 Å². The monoisotopic (exact) mass is 170 g/mol. The van der Waals surface area contributed by atoms with Crippen LogP contribution in [0.5, 0.6) is 0 Å². The Hall–Kier alpha value is -0.890. The van der Waals surface area contributed by atoms with Crippen LogP contribution >= 0.6 is 11.6 Å². The molecule has 0 aliphatic carbocycles. The maximum Gasteiger partial charge on any atom is 0.0656 e. The maximum absolute atomic E-state index is 5.81. The molecule has 0 atom stereocenters. The summed E-state index contributed by atoms with van der Waals surface area (Å²) in [6.45, 7) is 0. The average molecular weight is 171 g/mol. The van der Waals surface area contributed by atoms with Gasteiger partial charge in [0.05, 0.1) is 10.7 Å². The van der Waals surface area contributed by atoms with Crippen molar-refractivity contribution in [2.45, 2.75) is 0 Å². The topological polar surface area (TPSA) is 29.3 Å². The molecular formula is C8H11ClN2. The molecule has 0 aromatic heterocycles. The Kier molecular flexibility index (Phi) is 2.25. The van der Waals surface area contributed by atoms with Gasteiger partial charge < -0.3 is 10.6 Å². The molecule has 0 spiro atoms. The molecule has 1 aromatic rings. The molecule has 0 aliphatic rings. The lowest BCUT2D eigenvalue weighted by atomic mass is 10.3. The minimum Gasteiger partial charge on any atom is -0.398 e. The highest BCUT2D eigenvalue weighted by Gasteiger charge is 1.98. The molecule has 11 heavy (non-hydrogen) atoms. The number of hydrogen-bond acceptors (Lipinski definition) is 2. The SMILES string of the molecule is CN(C)c1ccc(N)c(Cl)c1. The Morgan fingerprint density at radius 3 is 2.45 bits per heavy atom. The third-order valence-electron chi connectivity index (χ3n) is 1.50. The second-order valence-corrected chi connectivity index (χ2v) is 3.01. The molecule has 1 rings (SSSR count). The summed E-state index contributed by atoms with van der Waals surface area (Å²) in [7, 11) is 3.92. The number of nitrogens with zero attached hydrogens (tertiary/aromatic N) is 1. The van der Waals surface area contributed by atoms with Crippen molar-refractivity contribution < 1.29 is 0 Å². The van der Waals surface area contributed by atoms with Crippen molar-refractivity contribution >= 4 is 23.0 Å². The van der Waals surface area contributed by atoms with Gasteiger partial charge >= 0.3 is 0 Å². The predicted molar refractivity (Wildman–Crippen MR) is 50.2 cm³/mol. The van der Waals surface area contributed by atoms with Gasteiger partial charge in [0.25, 0.3) is 0 Å². The second kappa shape index (κ2) is 3.01. The Morgan fingerprint density at radius 1 is 1.36 bits per heavy atom. The van der Waals surface area contributed by atoms with E-state index in [-0.39, 0.29) is 0 Å². The van der Waals surface area contributed by atoms with E-state index in [2.05, 4.69) is 0 Å². The summed E-state index contributed by atoms with van der Waals surface area (Å²) in [5, 5.41) is 0.608. The van der Waals surface area contributed by atoms with Gasteiger partial charge in [-0.2, -0.15) is 0 Å². The van der Waals surface area contributed by atoms with Gasteiger partial charge in [0.15, 0.2) is 0 Å². The largest absolute Gasteiger partial charge is 0.398 e. The fraction of sp³-hybridized carbons (Fsp3) is 0.250. The molecule has 0 heterocycles. The molecule has 0 saturated carbocycles. The molecule has 0 amide bonds. The van der Waals surface area contributed by atoms with E-state index in [0.717, 1.165) is 5.69 Å². The lowest BCUT2D eigenvalue weighted by Crippen LogP contribution is -2.08. The molecule has 2 nitrogen and oxygen atoms in total.